The van der Waals surface area contributed by atoms with Gasteiger partial charge in [-0.2, -0.15) is 0 Å². The third kappa shape index (κ3) is 10.2. The molecule has 0 atom stereocenters. The largest absolute Gasteiger partial charge is 0.457 e. The summed E-state index contributed by atoms with van der Waals surface area (Å²) in [5.74, 6) is 2.45. The number of hydrogen-bond donors (Lipinski definition) is 0. The van der Waals surface area contributed by atoms with E-state index in [0.29, 0.717) is 6.67 Å². The van der Waals surface area contributed by atoms with Gasteiger partial charge in [0.25, 0.3) is 0 Å². The lowest BCUT2D eigenvalue weighted by Gasteiger charge is -2.35. The van der Waals surface area contributed by atoms with Crippen LogP contribution >= 0.6 is 0 Å². The van der Waals surface area contributed by atoms with Crippen LogP contribution in [-0.2, 0) is 21.7 Å². The molecule has 0 saturated heterocycles. The summed E-state index contributed by atoms with van der Waals surface area (Å²) in [5.41, 5.74) is 15.8. The summed E-state index contributed by atoms with van der Waals surface area (Å²) >= 11 is 0. The van der Waals surface area contributed by atoms with Crippen LogP contribution in [0.4, 0.5) is 11.4 Å². The van der Waals surface area contributed by atoms with Crippen molar-refractivity contribution >= 4 is 33.2 Å². The highest BCUT2D eigenvalue weighted by atomic mass is 16.5. The van der Waals surface area contributed by atoms with Gasteiger partial charge >= 0.3 is 0 Å². The number of aromatic nitrogens is 2. The fourth-order valence-corrected chi connectivity index (χ4v) is 11.5. The smallest absolute Gasteiger partial charge is 0.137 e. The van der Waals surface area contributed by atoms with Crippen LogP contribution in [0.3, 0.4) is 0 Å². The Hall–Kier alpha value is -7.37. The molecule has 9 aromatic rings. The minimum atomic E-state index is -0.361. The third-order valence-corrected chi connectivity index (χ3v) is 16.1. The molecule has 0 N–H and O–H groups in total. The van der Waals surface area contributed by atoms with Gasteiger partial charge in [0, 0.05) is 73.5 Å². The monoisotopic (exact) mass is 1020 g/mol. The maximum Gasteiger partial charge on any atom is 0.137 e. The van der Waals surface area contributed by atoms with E-state index in [9.17, 15) is 0 Å². The Morgan fingerprint density at radius 1 is 0.364 bits per heavy atom. The minimum absolute atomic E-state index is 0.0111. The van der Waals surface area contributed by atoms with E-state index in [1.165, 1.54) is 72.4 Å². The van der Waals surface area contributed by atoms with E-state index >= 15 is 0 Å². The molecule has 5 nitrogen and oxygen atoms in total. The summed E-state index contributed by atoms with van der Waals surface area (Å²) in [7, 11) is 0. The number of rotatable bonds is 10. The average molecular weight is 1020 g/mol. The van der Waals surface area contributed by atoms with E-state index in [-0.39, 0.29) is 32.5 Å². The quantitative estimate of drug-likeness (QED) is 0.137. The number of nitrogens with zero attached hydrogens (tertiary/aromatic N) is 4. The molecule has 394 valence electrons. The zero-order valence-electron chi connectivity index (χ0n) is 48.7. The summed E-state index contributed by atoms with van der Waals surface area (Å²) in [4.78, 5) is 10.2. The third-order valence-electron chi connectivity index (χ3n) is 16.1. The fraction of sp³-hybridized carbons (Fsp3) is 0.319. The summed E-state index contributed by atoms with van der Waals surface area (Å²) in [5, 5.41) is 2.37. The van der Waals surface area contributed by atoms with E-state index in [1.54, 1.807) is 0 Å². The number of hydrogen-bond acceptors (Lipinski definition) is 4. The van der Waals surface area contributed by atoms with Crippen molar-refractivity contribution in [1.82, 2.24) is 9.55 Å². The molecule has 7 aromatic carbocycles. The molecule has 0 unspecified atom stereocenters. The Bertz CT molecular complexity index is 3660. The lowest BCUT2D eigenvalue weighted by atomic mass is 9.77. The molecule has 1 aliphatic heterocycles. The van der Waals surface area contributed by atoms with Gasteiger partial charge < -0.3 is 14.5 Å². The first-order valence-corrected chi connectivity index (χ1v) is 27.7. The molecular weight excluding hydrogens is 937 g/mol. The number of benzene rings is 7. The van der Waals surface area contributed by atoms with E-state index in [1.807, 2.05) is 6.20 Å². The van der Waals surface area contributed by atoms with Gasteiger partial charge in [-0.15, -0.1) is 0 Å². The number of ether oxygens (including phenoxy) is 1. The van der Waals surface area contributed by atoms with Crippen molar-refractivity contribution in [3.63, 3.8) is 0 Å². The second-order valence-corrected chi connectivity index (χ2v) is 26.8. The van der Waals surface area contributed by atoms with Crippen molar-refractivity contribution in [2.75, 3.05) is 16.5 Å². The van der Waals surface area contributed by atoms with Crippen molar-refractivity contribution in [3.05, 3.63) is 227 Å². The van der Waals surface area contributed by atoms with Crippen molar-refractivity contribution in [3.8, 4) is 28.4 Å². The van der Waals surface area contributed by atoms with E-state index in [2.05, 4.69) is 301 Å². The topological polar surface area (TPSA) is 33.5 Å². The molecule has 0 fully saturated rings. The van der Waals surface area contributed by atoms with Crippen molar-refractivity contribution < 1.29 is 4.74 Å². The Balaban J connectivity index is 1.16. The molecule has 0 amide bonds. The lowest BCUT2D eigenvalue weighted by Crippen LogP contribution is -2.32. The SMILES string of the molecule is CC(C)(C)C1=C(C(C)(C)C)N(c2cc(-c3ccccc3)cc(C(C)(C)c3ccccc3)c2)CN1c1cc(Oc2ccc3c4cc(C(C)(C)C)ccc4n(-c4cc(C(C)(C)C)ccn4)c3c2)cc(C(C)(C)c2ccccc2)c1. The first-order valence-electron chi connectivity index (χ1n) is 27.7. The normalized spacial score (nSPS) is 14.1. The van der Waals surface area contributed by atoms with Crippen molar-refractivity contribution in [1.29, 1.82) is 0 Å². The molecule has 3 heterocycles. The second kappa shape index (κ2) is 19.3. The van der Waals surface area contributed by atoms with Crippen LogP contribution in [-0.4, -0.2) is 16.2 Å². The van der Waals surface area contributed by atoms with E-state index < -0.39 is 0 Å². The maximum absolute atomic E-state index is 7.30. The van der Waals surface area contributed by atoms with Gasteiger partial charge in [-0.1, -0.05) is 214 Å². The molecule has 10 rings (SSSR count). The van der Waals surface area contributed by atoms with Gasteiger partial charge in [0.15, 0.2) is 0 Å². The molecule has 0 bridgehead atoms. The molecule has 0 spiro atoms. The van der Waals surface area contributed by atoms with Crippen molar-refractivity contribution in [2.45, 2.75) is 132 Å². The van der Waals surface area contributed by atoms with Gasteiger partial charge in [0.1, 0.15) is 17.3 Å². The van der Waals surface area contributed by atoms with Crippen LogP contribution in [0.2, 0.25) is 0 Å². The van der Waals surface area contributed by atoms with Crippen LogP contribution in [0.5, 0.6) is 11.5 Å². The maximum atomic E-state index is 7.30. The van der Waals surface area contributed by atoms with Gasteiger partial charge in [0.2, 0.25) is 0 Å². The summed E-state index contributed by atoms with van der Waals surface area (Å²) in [6.45, 7) is 37.9. The van der Waals surface area contributed by atoms with Crippen molar-refractivity contribution in [2.24, 2.45) is 10.8 Å². The number of anilines is 2. The van der Waals surface area contributed by atoms with Gasteiger partial charge in [-0.25, -0.2) is 4.98 Å². The molecule has 2 aromatic heterocycles. The predicted octanol–water partition coefficient (Wildman–Crippen LogP) is 19.5. The highest BCUT2D eigenvalue weighted by Gasteiger charge is 2.43. The highest BCUT2D eigenvalue weighted by molar-refractivity contribution is 6.10. The molecule has 1 aliphatic rings. The van der Waals surface area contributed by atoms with E-state index in [0.717, 1.165) is 34.0 Å². The molecule has 5 heteroatoms. The highest BCUT2D eigenvalue weighted by Crippen LogP contribution is 2.51. The minimum Gasteiger partial charge on any atom is -0.457 e. The lowest BCUT2D eigenvalue weighted by molar-refractivity contribution is 0.444. The number of pyridine rings is 1. The first-order chi connectivity index (χ1) is 36.2. The number of allylic oxidation sites excluding steroid dienone is 2. The van der Waals surface area contributed by atoms with Gasteiger partial charge in [-0.05, 0) is 116 Å². The summed E-state index contributed by atoms with van der Waals surface area (Å²) < 4.78 is 9.62. The standard InChI is InChI=1S/C72H80N4O/c1-67(2,3)52-32-35-62-61(43-52)60-34-33-58(46-63(60)76(62)64-44-53(36-37-73-64)68(4,5)6)77-59-42-55(72(15,16)51-30-24-19-25-31-51)41-57(45-59)75-47-74(65(69(7,8)9)66(75)70(10,11)12)56-39-49(48-26-20-17-21-27-48)38-54(40-56)71(13,14)50-28-22-18-23-29-50/h17-46H,47H2,1-16H3. The van der Waals surface area contributed by atoms with Crippen LogP contribution < -0.4 is 14.5 Å². The zero-order valence-corrected chi connectivity index (χ0v) is 48.7. The van der Waals surface area contributed by atoms with Crippen LogP contribution in [0, 0.1) is 10.8 Å². The molecule has 0 radical (unpaired) electrons. The number of fused-ring (bicyclic) bond motifs is 3. The zero-order chi connectivity index (χ0) is 55.0. The fourth-order valence-electron chi connectivity index (χ4n) is 11.5. The Kier molecular flexibility index (Phi) is 13.3. The van der Waals surface area contributed by atoms with Crippen LogP contribution in [0.15, 0.2) is 194 Å². The van der Waals surface area contributed by atoms with E-state index in [4.69, 9.17) is 9.72 Å². The molecule has 0 saturated carbocycles. The van der Waals surface area contributed by atoms with Crippen LogP contribution in [0.1, 0.15) is 144 Å². The molecular formula is C72H80N4O. The summed E-state index contributed by atoms with van der Waals surface area (Å²) in [6.07, 6.45) is 1.95. The van der Waals surface area contributed by atoms with Gasteiger partial charge in [-0.3, -0.25) is 4.57 Å². The van der Waals surface area contributed by atoms with Gasteiger partial charge in [0.05, 0.1) is 17.7 Å². The predicted molar refractivity (Wildman–Crippen MR) is 327 cm³/mol. The average Bonchev–Trinajstić information content (AvgIpc) is 4.01. The summed E-state index contributed by atoms with van der Waals surface area (Å²) in [6, 6.07) is 64.8. The Morgan fingerprint density at radius 3 is 1.43 bits per heavy atom. The van der Waals surface area contributed by atoms with Crippen LogP contribution in [0.25, 0.3) is 38.8 Å². The first kappa shape index (κ1) is 53.0. The molecule has 77 heavy (non-hydrogen) atoms. The Labute approximate surface area is 460 Å². The second-order valence-electron chi connectivity index (χ2n) is 26.8. The molecule has 0 aliphatic carbocycles. The Morgan fingerprint density at radius 2 is 0.883 bits per heavy atom.